The van der Waals surface area contributed by atoms with Crippen molar-refractivity contribution in [3.05, 3.63) is 46.7 Å². The first kappa shape index (κ1) is 13.7. The predicted octanol–water partition coefficient (Wildman–Crippen LogP) is 3.32. The Balaban J connectivity index is 2.02. The van der Waals surface area contributed by atoms with Crippen molar-refractivity contribution >= 4 is 51.6 Å². The zero-order chi connectivity index (χ0) is 15.0. The second-order valence-corrected chi connectivity index (χ2v) is 5.15. The molecule has 0 spiro atoms. The van der Waals surface area contributed by atoms with E-state index in [1.165, 1.54) is 18.2 Å². The van der Waals surface area contributed by atoms with E-state index in [1.807, 2.05) is 0 Å². The van der Waals surface area contributed by atoms with Gasteiger partial charge < -0.3 is 11.1 Å². The van der Waals surface area contributed by atoms with E-state index >= 15 is 0 Å². The molecule has 0 unspecified atom stereocenters. The molecule has 21 heavy (non-hydrogen) atoms. The van der Waals surface area contributed by atoms with Crippen molar-refractivity contribution in [2.24, 2.45) is 0 Å². The Kier molecular flexibility index (Phi) is 3.44. The van der Waals surface area contributed by atoms with E-state index in [2.05, 4.69) is 14.1 Å². The fraction of sp³-hybridized carbons (Fsp3) is 0. The van der Waals surface area contributed by atoms with Crippen LogP contribution in [0.3, 0.4) is 0 Å². The molecule has 0 aliphatic heterocycles. The van der Waals surface area contributed by atoms with Gasteiger partial charge in [-0.05, 0) is 24.3 Å². The van der Waals surface area contributed by atoms with Gasteiger partial charge in [0.1, 0.15) is 16.9 Å². The summed E-state index contributed by atoms with van der Waals surface area (Å²) in [7, 11) is 0. The number of rotatable bonds is 2. The molecule has 2 aromatic carbocycles. The average Bonchev–Trinajstić information content (AvgIpc) is 2.93. The molecule has 1 amide bonds. The number of aromatic nitrogens is 2. The lowest BCUT2D eigenvalue weighted by molar-refractivity contribution is 0.102. The minimum atomic E-state index is -0.651. The van der Waals surface area contributed by atoms with Gasteiger partial charge in [0.25, 0.3) is 5.91 Å². The molecule has 5 nitrogen and oxygen atoms in total. The van der Waals surface area contributed by atoms with Gasteiger partial charge in [-0.1, -0.05) is 17.7 Å². The van der Waals surface area contributed by atoms with Crippen LogP contribution in [-0.4, -0.2) is 14.7 Å². The fourth-order valence-electron chi connectivity index (χ4n) is 1.86. The van der Waals surface area contributed by atoms with E-state index in [0.29, 0.717) is 21.7 Å². The first-order valence-electron chi connectivity index (χ1n) is 5.84. The monoisotopic (exact) mass is 322 g/mol. The molecule has 0 bridgehead atoms. The van der Waals surface area contributed by atoms with Crippen LogP contribution in [0.25, 0.3) is 11.0 Å². The standard InChI is InChI=1S/C13H8ClFN4OS/c14-7-4-5-9-12(19-21-18-9)11(7)17-13(20)6-2-1-3-8(15)10(6)16/h1-5H,16H2,(H,17,20). The molecule has 3 rings (SSSR count). The Morgan fingerprint density at radius 2 is 2.10 bits per heavy atom. The van der Waals surface area contributed by atoms with Crippen LogP contribution >= 0.6 is 23.3 Å². The van der Waals surface area contributed by atoms with Crippen molar-refractivity contribution in [2.75, 3.05) is 11.1 Å². The number of carbonyl (C=O) groups excluding carboxylic acids is 1. The SMILES string of the molecule is Nc1c(F)cccc1C(=O)Nc1c(Cl)ccc2nsnc12. The number of anilines is 2. The largest absolute Gasteiger partial charge is 0.396 e. The van der Waals surface area contributed by atoms with Gasteiger partial charge in [0.05, 0.1) is 33.7 Å². The van der Waals surface area contributed by atoms with Gasteiger partial charge in [-0.15, -0.1) is 0 Å². The first-order valence-corrected chi connectivity index (χ1v) is 6.95. The summed E-state index contributed by atoms with van der Waals surface area (Å²) in [5.74, 6) is -1.21. The number of benzene rings is 2. The highest BCUT2D eigenvalue weighted by Crippen LogP contribution is 2.30. The number of nitrogen functional groups attached to an aromatic ring is 1. The zero-order valence-corrected chi connectivity index (χ0v) is 12.0. The Hall–Kier alpha value is -2.25. The molecule has 0 saturated carbocycles. The molecule has 0 radical (unpaired) electrons. The molecular weight excluding hydrogens is 315 g/mol. The lowest BCUT2D eigenvalue weighted by Crippen LogP contribution is -2.15. The third-order valence-corrected chi connectivity index (χ3v) is 3.77. The molecule has 0 aliphatic carbocycles. The lowest BCUT2D eigenvalue weighted by atomic mass is 10.1. The number of amides is 1. The zero-order valence-electron chi connectivity index (χ0n) is 10.4. The van der Waals surface area contributed by atoms with Gasteiger partial charge in [0, 0.05) is 0 Å². The van der Waals surface area contributed by atoms with E-state index in [1.54, 1.807) is 12.1 Å². The van der Waals surface area contributed by atoms with Crippen LogP contribution in [0.1, 0.15) is 10.4 Å². The third kappa shape index (κ3) is 2.41. The Bertz CT molecular complexity index is 851. The van der Waals surface area contributed by atoms with E-state index in [9.17, 15) is 9.18 Å². The summed E-state index contributed by atoms with van der Waals surface area (Å²) in [5, 5.41) is 2.93. The maximum atomic E-state index is 13.4. The Morgan fingerprint density at radius 1 is 1.29 bits per heavy atom. The molecule has 3 aromatic rings. The van der Waals surface area contributed by atoms with Crippen LogP contribution in [0.2, 0.25) is 5.02 Å². The van der Waals surface area contributed by atoms with Crippen LogP contribution in [0, 0.1) is 5.82 Å². The number of halogens is 2. The number of para-hydroxylation sites is 1. The Labute approximate surface area is 127 Å². The van der Waals surface area contributed by atoms with Crippen molar-refractivity contribution < 1.29 is 9.18 Å². The maximum Gasteiger partial charge on any atom is 0.257 e. The number of carbonyl (C=O) groups is 1. The van der Waals surface area contributed by atoms with E-state index in [4.69, 9.17) is 17.3 Å². The molecule has 0 atom stereocenters. The van der Waals surface area contributed by atoms with Crippen LogP contribution in [0.5, 0.6) is 0 Å². The van der Waals surface area contributed by atoms with Crippen LogP contribution in [0.4, 0.5) is 15.8 Å². The van der Waals surface area contributed by atoms with Gasteiger partial charge in [-0.3, -0.25) is 4.79 Å². The summed E-state index contributed by atoms with van der Waals surface area (Å²) in [4.78, 5) is 12.2. The number of nitrogens with two attached hydrogens (primary N) is 1. The lowest BCUT2D eigenvalue weighted by Gasteiger charge is -2.09. The molecule has 3 N–H and O–H groups in total. The maximum absolute atomic E-state index is 13.4. The minimum Gasteiger partial charge on any atom is -0.396 e. The van der Waals surface area contributed by atoms with E-state index < -0.39 is 11.7 Å². The molecular formula is C13H8ClFN4OS. The molecule has 1 heterocycles. The first-order chi connectivity index (χ1) is 10.1. The number of hydrogen-bond donors (Lipinski definition) is 2. The highest BCUT2D eigenvalue weighted by molar-refractivity contribution is 7.00. The molecule has 0 aliphatic rings. The smallest absolute Gasteiger partial charge is 0.257 e. The second-order valence-electron chi connectivity index (χ2n) is 4.21. The molecule has 106 valence electrons. The normalized spacial score (nSPS) is 10.8. The van der Waals surface area contributed by atoms with E-state index in [-0.39, 0.29) is 11.3 Å². The summed E-state index contributed by atoms with van der Waals surface area (Å²) in [6.45, 7) is 0. The van der Waals surface area contributed by atoms with Gasteiger partial charge in [-0.2, -0.15) is 8.75 Å². The third-order valence-electron chi connectivity index (χ3n) is 2.91. The summed E-state index contributed by atoms with van der Waals surface area (Å²) < 4.78 is 21.6. The van der Waals surface area contributed by atoms with Gasteiger partial charge in [0.2, 0.25) is 0 Å². The van der Waals surface area contributed by atoms with Crippen molar-refractivity contribution in [3.8, 4) is 0 Å². The van der Waals surface area contributed by atoms with Gasteiger partial charge >= 0.3 is 0 Å². The second kappa shape index (κ2) is 5.27. The van der Waals surface area contributed by atoms with Crippen LogP contribution in [0.15, 0.2) is 30.3 Å². The van der Waals surface area contributed by atoms with Crippen LogP contribution in [-0.2, 0) is 0 Å². The van der Waals surface area contributed by atoms with Crippen molar-refractivity contribution in [1.29, 1.82) is 0 Å². The summed E-state index contributed by atoms with van der Waals surface area (Å²) in [6, 6.07) is 7.33. The summed E-state index contributed by atoms with van der Waals surface area (Å²) >= 11 is 7.09. The number of hydrogen-bond acceptors (Lipinski definition) is 5. The molecule has 1 aromatic heterocycles. The van der Waals surface area contributed by atoms with Gasteiger partial charge in [0.15, 0.2) is 0 Å². The van der Waals surface area contributed by atoms with Crippen molar-refractivity contribution in [2.45, 2.75) is 0 Å². The highest BCUT2D eigenvalue weighted by Gasteiger charge is 2.17. The van der Waals surface area contributed by atoms with Crippen LogP contribution < -0.4 is 11.1 Å². The van der Waals surface area contributed by atoms with Gasteiger partial charge in [-0.25, -0.2) is 4.39 Å². The minimum absolute atomic E-state index is 0.0336. The highest BCUT2D eigenvalue weighted by atomic mass is 35.5. The molecule has 8 heteroatoms. The predicted molar refractivity (Wildman–Crippen MR) is 81.2 cm³/mol. The quantitative estimate of drug-likeness (QED) is 0.709. The van der Waals surface area contributed by atoms with Crippen molar-refractivity contribution in [1.82, 2.24) is 8.75 Å². The number of nitrogens with zero attached hydrogens (tertiary/aromatic N) is 2. The number of fused-ring (bicyclic) bond motifs is 1. The molecule has 0 fully saturated rings. The number of nitrogens with one attached hydrogen (secondary N) is 1. The van der Waals surface area contributed by atoms with Crippen molar-refractivity contribution in [3.63, 3.8) is 0 Å². The van der Waals surface area contributed by atoms with E-state index in [0.717, 1.165) is 11.7 Å². The summed E-state index contributed by atoms with van der Waals surface area (Å²) in [5.41, 5.74) is 6.82. The fourth-order valence-corrected chi connectivity index (χ4v) is 2.60. The average molecular weight is 323 g/mol. The molecule has 0 saturated heterocycles. The summed E-state index contributed by atoms with van der Waals surface area (Å²) in [6.07, 6.45) is 0. The topological polar surface area (TPSA) is 80.9 Å². The Morgan fingerprint density at radius 3 is 2.90 bits per heavy atom.